The van der Waals surface area contributed by atoms with Gasteiger partial charge >= 0.3 is 0 Å². The average molecular weight is 128 g/mol. The first kappa shape index (κ1) is 8.37. The van der Waals surface area contributed by atoms with Crippen molar-refractivity contribution in [1.29, 1.82) is 0 Å². The Labute approximate surface area is 55.5 Å². The van der Waals surface area contributed by atoms with Crippen molar-refractivity contribution in [2.24, 2.45) is 0 Å². The standard InChI is InChI=1S/C7H12O2/c1-3-4-5-9-6-7(2)8/h3H,1,4-6H2,2H3. The van der Waals surface area contributed by atoms with E-state index < -0.39 is 0 Å². The molecule has 0 bridgehead atoms. The van der Waals surface area contributed by atoms with Crippen LogP contribution in [-0.4, -0.2) is 19.0 Å². The molecule has 0 amide bonds. The fraction of sp³-hybridized carbons (Fsp3) is 0.571. The highest BCUT2D eigenvalue weighted by Crippen LogP contribution is 1.82. The fourth-order valence-corrected chi connectivity index (χ4v) is 0.383. The fourth-order valence-electron chi connectivity index (χ4n) is 0.383. The minimum absolute atomic E-state index is 0.0686. The van der Waals surface area contributed by atoms with Crippen LogP contribution < -0.4 is 0 Å². The molecular weight excluding hydrogens is 116 g/mol. The molecule has 0 radical (unpaired) electrons. The van der Waals surface area contributed by atoms with Gasteiger partial charge in [-0.05, 0) is 13.3 Å². The van der Waals surface area contributed by atoms with Crippen LogP contribution in [0.3, 0.4) is 0 Å². The monoisotopic (exact) mass is 128 g/mol. The number of hydrogen-bond acceptors (Lipinski definition) is 2. The summed E-state index contributed by atoms with van der Waals surface area (Å²) in [4.78, 5) is 10.3. The maximum Gasteiger partial charge on any atom is 0.155 e. The Morgan fingerprint density at radius 2 is 2.44 bits per heavy atom. The second kappa shape index (κ2) is 5.51. The van der Waals surface area contributed by atoms with E-state index in [0.29, 0.717) is 6.61 Å². The molecule has 0 aromatic heterocycles. The van der Waals surface area contributed by atoms with Gasteiger partial charge in [-0.25, -0.2) is 0 Å². The van der Waals surface area contributed by atoms with Crippen molar-refractivity contribution in [3.8, 4) is 0 Å². The first-order chi connectivity index (χ1) is 4.27. The maximum atomic E-state index is 10.3. The number of Topliss-reactive ketones (excluding diaryl/α,β-unsaturated/α-hetero) is 1. The minimum Gasteiger partial charge on any atom is -0.373 e. The van der Waals surface area contributed by atoms with Gasteiger partial charge < -0.3 is 4.74 Å². The lowest BCUT2D eigenvalue weighted by atomic mass is 10.4. The van der Waals surface area contributed by atoms with E-state index >= 15 is 0 Å². The van der Waals surface area contributed by atoms with Crippen LogP contribution in [0, 0.1) is 0 Å². The largest absolute Gasteiger partial charge is 0.373 e. The normalized spacial score (nSPS) is 9.00. The molecule has 0 saturated heterocycles. The van der Waals surface area contributed by atoms with Crippen LogP contribution in [0.15, 0.2) is 12.7 Å². The molecule has 0 aliphatic carbocycles. The number of hydrogen-bond donors (Lipinski definition) is 0. The summed E-state index contributed by atoms with van der Waals surface area (Å²) in [5.41, 5.74) is 0. The molecule has 0 aromatic rings. The van der Waals surface area contributed by atoms with Crippen molar-refractivity contribution in [1.82, 2.24) is 0 Å². The molecule has 0 aliphatic rings. The van der Waals surface area contributed by atoms with Crippen molar-refractivity contribution >= 4 is 5.78 Å². The minimum atomic E-state index is 0.0686. The molecule has 0 spiro atoms. The average Bonchev–Trinajstić information content (AvgIpc) is 1.80. The lowest BCUT2D eigenvalue weighted by molar-refractivity contribution is -0.121. The second-order valence-corrected chi connectivity index (χ2v) is 1.83. The third kappa shape index (κ3) is 7.37. The molecule has 0 saturated carbocycles. The lowest BCUT2D eigenvalue weighted by Gasteiger charge is -1.95. The van der Waals surface area contributed by atoms with Crippen LogP contribution in [0.4, 0.5) is 0 Å². The van der Waals surface area contributed by atoms with Gasteiger partial charge in [0.2, 0.25) is 0 Å². The topological polar surface area (TPSA) is 26.3 Å². The van der Waals surface area contributed by atoms with Crippen molar-refractivity contribution in [3.05, 3.63) is 12.7 Å². The summed E-state index contributed by atoms with van der Waals surface area (Å²) in [6.45, 7) is 5.85. The first-order valence-electron chi connectivity index (χ1n) is 2.95. The van der Waals surface area contributed by atoms with Gasteiger partial charge in [-0.3, -0.25) is 4.79 Å². The van der Waals surface area contributed by atoms with Gasteiger partial charge in [0, 0.05) is 0 Å². The molecule has 0 aromatic carbocycles. The molecular formula is C7H12O2. The molecule has 9 heavy (non-hydrogen) atoms. The van der Waals surface area contributed by atoms with Gasteiger partial charge in [0.05, 0.1) is 6.61 Å². The smallest absolute Gasteiger partial charge is 0.155 e. The Morgan fingerprint density at radius 3 is 2.89 bits per heavy atom. The van der Waals surface area contributed by atoms with Gasteiger partial charge in [0.15, 0.2) is 5.78 Å². The molecule has 0 heterocycles. The summed E-state index contributed by atoms with van der Waals surface area (Å²) in [6, 6.07) is 0. The van der Waals surface area contributed by atoms with Crippen LogP contribution in [0.25, 0.3) is 0 Å². The third-order valence-electron chi connectivity index (χ3n) is 0.772. The van der Waals surface area contributed by atoms with E-state index in [4.69, 9.17) is 4.74 Å². The predicted molar refractivity (Wildman–Crippen MR) is 36.3 cm³/mol. The van der Waals surface area contributed by atoms with E-state index in [9.17, 15) is 4.79 Å². The maximum absolute atomic E-state index is 10.3. The summed E-state index contributed by atoms with van der Waals surface area (Å²) in [7, 11) is 0. The number of carbonyl (C=O) groups is 1. The number of carbonyl (C=O) groups excluding carboxylic acids is 1. The number of ether oxygens (including phenoxy) is 1. The van der Waals surface area contributed by atoms with Crippen LogP contribution in [-0.2, 0) is 9.53 Å². The van der Waals surface area contributed by atoms with Crippen LogP contribution in [0.2, 0.25) is 0 Å². The number of rotatable bonds is 5. The van der Waals surface area contributed by atoms with Gasteiger partial charge in [0.1, 0.15) is 6.61 Å². The SMILES string of the molecule is C=CCCOCC(C)=O. The second-order valence-electron chi connectivity index (χ2n) is 1.83. The zero-order valence-corrected chi connectivity index (χ0v) is 5.72. The van der Waals surface area contributed by atoms with Crippen LogP contribution in [0.1, 0.15) is 13.3 Å². The first-order valence-corrected chi connectivity index (χ1v) is 2.95. The molecule has 0 aliphatic heterocycles. The summed E-state index contributed by atoms with van der Waals surface area (Å²) in [5, 5.41) is 0. The third-order valence-corrected chi connectivity index (χ3v) is 0.772. The van der Waals surface area contributed by atoms with Gasteiger partial charge in [-0.15, -0.1) is 6.58 Å². The van der Waals surface area contributed by atoms with E-state index in [2.05, 4.69) is 6.58 Å². The van der Waals surface area contributed by atoms with Gasteiger partial charge in [-0.2, -0.15) is 0 Å². The molecule has 0 N–H and O–H groups in total. The Hall–Kier alpha value is -0.630. The summed E-state index contributed by atoms with van der Waals surface area (Å²) >= 11 is 0. The zero-order valence-electron chi connectivity index (χ0n) is 5.72. The Bertz CT molecular complexity index is 97.1. The molecule has 2 heteroatoms. The predicted octanol–water partition coefficient (Wildman–Crippen LogP) is 1.17. The van der Waals surface area contributed by atoms with Crippen molar-refractivity contribution < 1.29 is 9.53 Å². The highest BCUT2D eigenvalue weighted by atomic mass is 16.5. The highest BCUT2D eigenvalue weighted by Gasteiger charge is 1.89. The lowest BCUT2D eigenvalue weighted by Crippen LogP contribution is -2.03. The molecule has 0 rings (SSSR count). The number of ketones is 1. The highest BCUT2D eigenvalue weighted by molar-refractivity contribution is 5.76. The van der Waals surface area contributed by atoms with Crippen molar-refractivity contribution in [3.63, 3.8) is 0 Å². The van der Waals surface area contributed by atoms with E-state index in [1.54, 1.807) is 6.08 Å². The molecule has 2 nitrogen and oxygen atoms in total. The molecule has 0 fully saturated rings. The quantitative estimate of drug-likeness (QED) is 0.410. The zero-order chi connectivity index (χ0) is 7.11. The molecule has 0 atom stereocenters. The molecule has 52 valence electrons. The van der Waals surface area contributed by atoms with Gasteiger partial charge in [0.25, 0.3) is 0 Å². The molecule has 0 unspecified atom stereocenters. The summed E-state index contributed by atoms with van der Waals surface area (Å²) in [6.07, 6.45) is 2.58. The van der Waals surface area contributed by atoms with Crippen LogP contribution >= 0.6 is 0 Å². The van der Waals surface area contributed by atoms with E-state index in [1.807, 2.05) is 0 Å². The van der Waals surface area contributed by atoms with Crippen molar-refractivity contribution in [2.45, 2.75) is 13.3 Å². The Balaban J connectivity index is 2.91. The Kier molecular flexibility index (Phi) is 5.12. The van der Waals surface area contributed by atoms with Crippen LogP contribution in [0.5, 0.6) is 0 Å². The van der Waals surface area contributed by atoms with E-state index in [-0.39, 0.29) is 12.4 Å². The van der Waals surface area contributed by atoms with E-state index in [0.717, 1.165) is 6.42 Å². The van der Waals surface area contributed by atoms with Gasteiger partial charge in [-0.1, -0.05) is 6.08 Å². The summed E-state index contributed by atoms with van der Waals surface area (Å²) in [5.74, 6) is 0.0686. The van der Waals surface area contributed by atoms with Crippen molar-refractivity contribution in [2.75, 3.05) is 13.2 Å². The summed E-state index contributed by atoms with van der Waals surface area (Å²) < 4.78 is 4.91. The Morgan fingerprint density at radius 1 is 1.78 bits per heavy atom. The van der Waals surface area contributed by atoms with E-state index in [1.165, 1.54) is 6.92 Å².